The molecular weight excluding hydrogens is 1180 g/mol. The molecule has 0 unspecified atom stereocenters. The van der Waals surface area contributed by atoms with E-state index < -0.39 is 228 Å². The molecule has 4 saturated heterocycles. The van der Waals surface area contributed by atoms with Crippen molar-refractivity contribution < 1.29 is 162 Å². The van der Waals surface area contributed by atoms with Crippen LogP contribution < -0.4 is 45.9 Å². The van der Waals surface area contributed by atoms with E-state index in [1.807, 2.05) is 0 Å². The fraction of sp³-hybridized carbons (Fsp3) is 1.00. The highest BCUT2D eigenvalue weighted by molar-refractivity contribution is 7.80. The van der Waals surface area contributed by atoms with Gasteiger partial charge in [0.15, 0.2) is 25.2 Å². The number of nitrogens with two attached hydrogens (primary N) is 8. The van der Waals surface area contributed by atoms with Gasteiger partial charge in [-0.2, -0.15) is 25.3 Å². The Morgan fingerprint density at radius 2 is 0.543 bits per heavy atom. The van der Waals surface area contributed by atoms with Crippen LogP contribution in [-0.4, -0.2) is 334 Å². The molecule has 4 aliphatic heterocycles. The lowest BCUT2D eigenvalue weighted by molar-refractivity contribution is -0.332. The molecule has 6 rings (SSSR count). The molecule has 0 aromatic carbocycles. The molecule has 2 aliphatic carbocycles. The van der Waals surface area contributed by atoms with Gasteiger partial charge in [0.2, 0.25) is 0 Å². The third kappa shape index (κ3) is 22.6. The van der Waals surface area contributed by atoms with Crippen LogP contribution in [-0.2, 0) is 69.1 Å². The second kappa shape index (κ2) is 32.4. The smallest absolute Gasteiger partial charge is 0.394 e. The van der Waals surface area contributed by atoms with Crippen LogP contribution in [0.25, 0.3) is 0 Å². The molecule has 0 aromatic heterocycles. The standard InChI is InChI=1S/2C18H36N4O11.3H2O4S/c2*19-2-6-10(25)12(27)13(28)18(30-6)33-16-5(21)1-4(20)15(14(16)29)32-17-11(26)8(22)9(24)7(3-23)31-17;3*1-5(2,3)4/h2*4-18,23-29H,1-3,19-22H2;3*(H2,1,2,3,4)/t2*4-,5+,6-,7-,8+,9-,10-,11-,12+,13-,14-,15+,16-,17-,18-;;;/m11.../s1. The summed E-state index contributed by atoms with van der Waals surface area (Å²) in [7, 11) is -14.0. The zero-order chi connectivity index (χ0) is 62.7. The lowest BCUT2D eigenvalue weighted by atomic mass is 9.84. The van der Waals surface area contributed by atoms with Crippen LogP contribution in [0.2, 0.25) is 0 Å². The molecule has 0 aromatic rings. The molecule has 42 nitrogen and oxygen atoms in total. The Morgan fingerprint density at radius 1 is 0.333 bits per heavy atom. The van der Waals surface area contributed by atoms with Crippen molar-refractivity contribution >= 4 is 31.2 Å². The molecule has 4 heterocycles. The minimum absolute atomic E-state index is 0.0849. The highest BCUT2D eigenvalue weighted by Gasteiger charge is 2.54. The van der Waals surface area contributed by atoms with Crippen molar-refractivity contribution in [3.8, 4) is 0 Å². The van der Waals surface area contributed by atoms with Crippen LogP contribution >= 0.6 is 0 Å². The van der Waals surface area contributed by atoms with Gasteiger partial charge in [-0.1, -0.05) is 0 Å². The van der Waals surface area contributed by atoms with Gasteiger partial charge in [-0.25, -0.2) is 0 Å². The minimum atomic E-state index is -4.67. The van der Waals surface area contributed by atoms with E-state index in [2.05, 4.69) is 0 Å². The maximum Gasteiger partial charge on any atom is 0.394 e. The maximum absolute atomic E-state index is 10.9. The van der Waals surface area contributed by atoms with Gasteiger partial charge in [-0.05, 0) is 12.8 Å². The van der Waals surface area contributed by atoms with E-state index in [1.165, 1.54) is 0 Å². The predicted octanol–water partition coefficient (Wildman–Crippen LogP) is -16.5. The number of ether oxygens (including phenoxy) is 8. The van der Waals surface area contributed by atoms with E-state index in [0.717, 1.165) is 0 Å². The van der Waals surface area contributed by atoms with Gasteiger partial charge < -0.3 is 155 Å². The van der Waals surface area contributed by atoms with Gasteiger partial charge >= 0.3 is 31.2 Å². The van der Waals surface area contributed by atoms with Crippen LogP contribution in [0.3, 0.4) is 0 Å². The second-order valence-electron chi connectivity index (χ2n) is 18.9. The lowest BCUT2D eigenvalue weighted by Crippen LogP contribution is -2.68. The zero-order valence-electron chi connectivity index (χ0n) is 42.1. The van der Waals surface area contributed by atoms with Crippen LogP contribution in [0.4, 0.5) is 0 Å². The van der Waals surface area contributed by atoms with Crippen molar-refractivity contribution in [1.82, 2.24) is 0 Å². The van der Waals surface area contributed by atoms with E-state index in [-0.39, 0.29) is 25.9 Å². The third-order valence-electron chi connectivity index (χ3n) is 13.0. The Bertz CT molecular complexity index is 1890. The average molecular weight is 1260 g/mol. The predicted molar refractivity (Wildman–Crippen MR) is 258 cm³/mol. The largest absolute Gasteiger partial charge is 0.394 e. The molecule has 2 saturated carbocycles. The van der Waals surface area contributed by atoms with Gasteiger partial charge in [0, 0.05) is 37.3 Å². The highest BCUT2D eigenvalue weighted by Crippen LogP contribution is 2.33. The summed E-state index contributed by atoms with van der Waals surface area (Å²) in [6.45, 7) is -1.53. The minimum Gasteiger partial charge on any atom is -0.394 e. The van der Waals surface area contributed by atoms with Crippen LogP contribution in [0.15, 0.2) is 0 Å². The van der Waals surface area contributed by atoms with Crippen LogP contribution in [0.1, 0.15) is 12.8 Å². The van der Waals surface area contributed by atoms with E-state index in [0.29, 0.717) is 0 Å². The number of aliphatic hydroxyl groups is 14. The molecule has 36 N–H and O–H groups in total. The summed E-state index contributed by atoms with van der Waals surface area (Å²) in [5, 5.41) is 142. The van der Waals surface area contributed by atoms with Gasteiger partial charge in [0.05, 0.1) is 25.3 Å². The van der Waals surface area contributed by atoms with Gasteiger partial charge in [0.1, 0.15) is 122 Å². The highest BCUT2D eigenvalue weighted by atomic mass is 32.3. The average Bonchev–Trinajstić information content (AvgIpc) is 3.34. The van der Waals surface area contributed by atoms with Crippen molar-refractivity contribution in [3.63, 3.8) is 0 Å². The SMILES string of the molecule is NC[C@H]1O[C@H](O[C@H]2[C@H](O)[C@@H](O[C@H]3O[C@H](CO)[C@@H](O)[C@H](N)[C@H]3O)[C@H](N)C[C@@H]2N)[C@H](O)[C@@H](O)[C@@H]1O.NC[C@H]1O[C@H](O[C@H]2[C@H](O)[C@@H](O[C@H]3O[C@H](CO)[C@@H](O)[C@H](N)[C@H]3O)[C@H](N)C[C@@H]2N)[C@H](O)[C@@H](O)[C@@H]1O.O=S(=O)(O)O.O=S(=O)(O)O.O=S(=O)(O)O. The van der Waals surface area contributed by atoms with E-state index >= 15 is 0 Å². The van der Waals surface area contributed by atoms with Crippen molar-refractivity contribution in [2.24, 2.45) is 45.9 Å². The molecule has 484 valence electrons. The van der Waals surface area contributed by atoms with Crippen LogP contribution in [0.5, 0.6) is 0 Å². The van der Waals surface area contributed by atoms with E-state index in [9.17, 15) is 71.5 Å². The normalized spacial score (nSPS) is 45.9. The Labute approximate surface area is 460 Å². The summed E-state index contributed by atoms with van der Waals surface area (Å²) in [5.41, 5.74) is 47.0. The topological polar surface area (TPSA) is 789 Å². The molecule has 0 amide bonds. The van der Waals surface area contributed by atoms with Gasteiger partial charge in [-0.3, -0.25) is 27.3 Å². The van der Waals surface area contributed by atoms with Crippen molar-refractivity contribution in [2.75, 3.05) is 26.3 Å². The third-order valence-corrected chi connectivity index (χ3v) is 13.0. The first-order valence-electron chi connectivity index (χ1n) is 23.7. The van der Waals surface area contributed by atoms with Crippen LogP contribution in [0, 0.1) is 0 Å². The summed E-state index contributed by atoms with van der Waals surface area (Å²) >= 11 is 0. The molecule has 30 atom stereocenters. The molecule has 45 heteroatoms. The summed E-state index contributed by atoms with van der Waals surface area (Å²) in [5.74, 6) is 0. The summed E-state index contributed by atoms with van der Waals surface area (Å²) in [6.07, 6.45) is -32.9. The first-order valence-corrected chi connectivity index (χ1v) is 27.9. The first kappa shape index (κ1) is 75.5. The van der Waals surface area contributed by atoms with Gasteiger partial charge in [-0.15, -0.1) is 0 Å². The van der Waals surface area contributed by atoms with E-state index in [1.54, 1.807) is 0 Å². The Balaban J connectivity index is 0.000000442. The maximum atomic E-state index is 10.9. The quantitative estimate of drug-likeness (QED) is 0.0807. The Morgan fingerprint density at radius 3 is 0.753 bits per heavy atom. The summed E-state index contributed by atoms with van der Waals surface area (Å²) < 4.78 is 139. The summed E-state index contributed by atoms with van der Waals surface area (Å²) in [4.78, 5) is 0. The molecule has 6 aliphatic rings. The summed E-state index contributed by atoms with van der Waals surface area (Å²) in [6, 6.07) is -5.72. The van der Waals surface area contributed by atoms with Crippen molar-refractivity contribution in [3.05, 3.63) is 0 Å². The molecule has 0 spiro atoms. The first-order chi connectivity index (χ1) is 37.0. The fourth-order valence-corrected chi connectivity index (χ4v) is 8.80. The number of hydrogen-bond donors (Lipinski definition) is 28. The lowest BCUT2D eigenvalue weighted by Gasteiger charge is -2.48. The van der Waals surface area contributed by atoms with Crippen molar-refractivity contribution in [2.45, 2.75) is 196 Å². The number of hydrogen-bond acceptors (Lipinski definition) is 36. The Hall–Kier alpha value is -1.59. The zero-order valence-corrected chi connectivity index (χ0v) is 44.5. The molecular formula is C36H78N8O34S3. The number of aliphatic hydroxyl groups excluding tert-OH is 14. The Kier molecular flexibility index (Phi) is 30.2. The molecule has 0 radical (unpaired) electrons. The van der Waals surface area contributed by atoms with Gasteiger partial charge in [0.25, 0.3) is 0 Å². The molecule has 81 heavy (non-hydrogen) atoms. The number of rotatable bonds is 12. The van der Waals surface area contributed by atoms with E-state index in [4.69, 9.17) is 136 Å². The van der Waals surface area contributed by atoms with Crippen molar-refractivity contribution in [1.29, 1.82) is 0 Å². The molecule has 6 fully saturated rings. The monoisotopic (exact) mass is 1260 g/mol. The fourth-order valence-electron chi connectivity index (χ4n) is 8.80. The molecule has 0 bridgehead atoms. The second-order valence-corrected chi connectivity index (χ2v) is 21.6.